The number of hydrogen-bond donors (Lipinski definition) is 0. The summed E-state index contributed by atoms with van der Waals surface area (Å²) in [6, 6.07) is 10.5. The van der Waals surface area contributed by atoms with E-state index in [9.17, 15) is 120 Å². The lowest BCUT2D eigenvalue weighted by atomic mass is 9.12. The van der Waals surface area contributed by atoms with Gasteiger partial charge < -0.3 is 0 Å². The molecule has 5 nitrogen and oxygen atoms in total. The van der Waals surface area contributed by atoms with Crippen molar-refractivity contribution in [3.8, 4) is 11.1 Å². The minimum atomic E-state index is -6.13. The number of carbonyl (C=O) groups is 1. The molecule has 1 aromatic heterocycles. The van der Waals surface area contributed by atoms with Crippen molar-refractivity contribution in [3.63, 3.8) is 0 Å². The molecule has 0 bridgehead atoms. The standard InChI is InChI=1S/C32H12BF24.C19H15N2O3/c34-25(35,36)13-1-14(26(37,38)39)6-21(5-13)33(22-7-15(27(40,41)42)2-16(8-22)28(43,44)45,23-9-17(29(46,47)48)3-18(10-23)30(49,50)51)24-11-19(31(52,53)54)4-20(12-24)32(55,56)57;22-19(16-5-2-1-3-6-16)14-20-11-9-15(10-12-20)17-7-4-8-18(13-17)21(23)24/h1-12H;1-13H,14H2/q-1;+1. The molecule has 0 spiro atoms. The highest BCUT2D eigenvalue weighted by atomic mass is 19.4. The second-order valence-electron chi connectivity index (χ2n) is 17.6. The van der Waals surface area contributed by atoms with Crippen LogP contribution in [0.3, 0.4) is 0 Å². The lowest BCUT2D eigenvalue weighted by molar-refractivity contribution is -0.683. The van der Waals surface area contributed by atoms with E-state index in [1.54, 1.807) is 35.2 Å². The topological polar surface area (TPSA) is 64.1 Å². The number of halogens is 24. The Kier molecular flexibility index (Phi) is 16.7. The van der Waals surface area contributed by atoms with Crippen LogP contribution in [-0.4, -0.2) is 16.9 Å². The van der Waals surface area contributed by atoms with Crippen molar-refractivity contribution in [1.82, 2.24) is 0 Å². The number of ketones is 1. The van der Waals surface area contributed by atoms with Gasteiger partial charge >= 0.3 is 49.4 Å². The van der Waals surface area contributed by atoms with Gasteiger partial charge in [0.2, 0.25) is 12.3 Å². The average Bonchev–Trinajstić information content (AvgIpc) is 2.90. The molecule has 7 rings (SSSR count). The van der Waals surface area contributed by atoms with Gasteiger partial charge in [0.25, 0.3) is 5.69 Å². The van der Waals surface area contributed by atoms with E-state index in [2.05, 4.69) is 0 Å². The van der Waals surface area contributed by atoms with E-state index in [0.717, 1.165) is 11.1 Å². The van der Waals surface area contributed by atoms with Crippen LogP contribution in [0.1, 0.15) is 54.9 Å². The van der Waals surface area contributed by atoms with Gasteiger partial charge in [-0.15, -0.1) is 0 Å². The molecule has 0 saturated heterocycles. The molecule has 430 valence electrons. The zero-order chi connectivity index (χ0) is 60.9. The molecule has 0 unspecified atom stereocenters. The van der Waals surface area contributed by atoms with Crippen molar-refractivity contribution in [3.05, 3.63) is 212 Å². The summed E-state index contributed by atoms with van der Waals surface area (Å²) < 4.78 is 343. The Hall–Kier alpha value is -8.08. The number of hydrogen-bond acceptors (Lipinski definition) is 3. The van der Waals surface area contributed by atoms with Gasteiger partial charge in [-0.1, -0.05) is 91.0 Å². The Labute approximate surface area is 437 Å². The van der Waals surface area contributed by atoms with E-state index < -0.39 is 200 Å². The van der Waals surface area contributed by atoms with Crippen molar-refractivity contribution >= 4 is 39.5 Å². The van der Waals surface area contributed by atoms with Crippen LogP contribution in [0.4, 0.5) is 111 Å². The molecule has 0 aliphatic heterocycles. The lowest BCUT2D eigenvalue weighted by Crippen LogP contribution is -2.75. The van der Waals surface area contributed by atoms with Gasteiger partial charge in [-0.05, 0) is 35.4 Å². The zero-order valence-corrected chi connectivity index (χ0v) is 39.4. The van der Waals surface area contributed by atoms with Crippen molar-refractivity contribution in [1.29, 1.82) is 0 Å². The number of carbonyl (C=O) groups excluding carboxylic acids is 1. The summed E-state index contributed by atoms with van der Waals surface area (Å²) in [5, 5.41) is 10.9. The second kappa shape index (κ2) is 21.8. The number of alkyl halides is 24. The normalized spacial score (nSPS) is 13.1. The zero-order valence-electron chi connectivity index (χ0n) is 39.4. The summed E-state index contributed by atoms with van der Waals surface area (Å²) in [6.07, 6.45) is -51.2. The minimum Gasteiger partial charge on any atom is -0.287 e. The highest BCUT2D eigenvalue weighted by Gasteiger charge is 2.47. The number of nitro benzene ring substituents is 1. The Balaban J connectivity index is 0.000000363. The summed E-state index contributed by atoms with van der Waals surface area (Å²) in [6.45, 7) is 0.249. The van der Waals surface area contributed by atoms with Gasteiger partial charge in [-0.3, -0.25) is 14.9 Å². The third kappa shape index (κ3) is 14.5. The van der Waals surface area contributed by atoms with Crippen LogP contribution in [0.2, 0.25) is 0 Å². The summed E-state index contributed by atoms with van der Waals surface area (Å²) in [4.78, 5) is 22.6. The maximum absolute atomic E-state index is 14.2. The molecule has 0 radical (unpaired) electrons. The Morgan fingerprint density at radius 3 is 0.914 bits per heavy atom. The summed E-state index contributed by atoms with van der Waals surface area (Å²) in [5.74, 6) is 0.0312. The van der Waals surface area contributed by atoms with E-state index >= 15 is 0 Å². The number of nitro groups is 1. The maximum Gasteiger partial charge on any atom is 0.416 e. The molecule has 0 aliphatic carbocycles. The fourth-order valence-electron chi connectivity index (χ4n) is 8.51. The van der Waals surface area contributed by atoms with E-state index in [4.69, 9.17) is 0 Å². The Morgan fingerprint density at radius 1 is 0.370 bits per heavy atom. The molecule has 0 N–H and O–H groups in total. The van der Waals surface area contributed by atoms with Crippen LogP contribution >= 0.6 is 0 Å². The molecule has 7 aromatic rings. The summed E-state index contributed by atoms with van der Waals surface area (Å²) >= 11 is 0. The fraction of sp³-hybridized carbons (Fsp3) is 0.176. The number of rotatable bonds is 9. The predicted octanol–water partition coefficient (Wildman–Crippen LogP) is 14.6. The van der Waals surface area contributed by atoms with Crippen LogP contribution in [-0.2, 0) is 56.0 Å². The predicted molar refractivity (Wildman–Crippen MR) is 240 cm³/mol. The molecule has 6 aromatic carbocycles. The van der Waals surface area contributed by atoms with E-state index in [1.807, 2.05) is 36.4 Å². The number of non-ortho nitro benzene ring substituents is 1. The van der Waals surface area contributed by atoms with Gasteiger partial charge in [-0.2, -0.15) is 132 Å². The van der Waals surface area contributed by atoms with Crippen molar-refractivity contribution in [2.45, 2.75) is 56.0 Å². The van der Waals surface area contributed by atoms with Crippen LogP contribution in [0.5, 0.6) is 0 Å². The number of benzene rings is 6. The smallest absolute Gasteiger partial charge is 0.287 e. The summed E-state index contributed by atoms with van der Waals surface area (Å²) in [7, 11) is 0. The molecule has 30 heteroatoms. The number of aromatic nitrogens is 1. The van der Waals surface area contributed by atoms with Crippen molar-refractivity contribution in [2.24, 2.45) is 0 Å². The first-order chi connectivity index (χ1) is 36.9. The highest BCUT2D eigenvalue weighted by molar-refractivity contribution is 7.20. The molecule has 0 aliphatic rings. The summed E-state index contributed by atoms with van der Waals surface area (Å²) in [5.41, 5.74) is -27.8. The van der Waals surface area contributed by atoms with Crippen molar-refractivity contribution in [2.75, 3.05) is 0 Å². The Bertz CT molecular complexity index is 3010. The van der Waals surface area contributed by atoms with E-state index in [-0.39, 0.29) is 18.0 Å². The van der Waals surface area contributed by atoms with Crippen LogP contribution < -0.4 is 26.4 Å². The lowest BCUT2D eigenvalue weighted by Gasteiger charge is -2.46. The minimum absolute atomic E-state index is 0.0312. The molecule has 1 heterocycles. The molecule has 0 atom stereocenters. The number of nitrogens with zero attached hydrogens (tertiary/aromatic N) is 2. The van der Waals surface area contributed by atoms with Gasteiger partial charge in [-0.25, -0.2) is 0 Å². The first kappa shape index (κ1) is 62.1. The van der Waals surface area contributed by atoms with E-state index in [0.29, 0.717) is 5.56 Å². The van der Waals surface area contributed by atoms with E-state index in [1.165, 1.54) is 12.1 Å². The van der Waals surface area contributed by atoms with Crippen LogP contribution in [0.15, 0.2) is 152 Å². The van der Waals surface area contributed by atoms with Crippen LogP contribution in [0, 0.1) is 10.1 Å². The molecular weight excluding hydrogens is 1160 g/mol. The quantitative estimate of drug-likeness (QED) is 0.0361. The molecular formula is C51H27BF24N2O3. The van der Waals surface area contributed by atoms with Gasteiger partial charge in [0.15, 0.2) is 12.4 Å². The first-order valence-electron chi connectivity index (χ1n) is 22.1. The maximum atomic E-state index is 14.2. The van der Waals surface area contributed by atoms with Gasteiger partial charge in [0.1, 0.15) is 6.15 Å². The third-order valence-electron chi connectivity index (χ3n) is 12.1. The number of pyridine rings is 1. The van der Waals surface area contributed by atoms with Gasteiger partial charge in [0, 0.05) is 29.8 Å². The van der Waals surface area contributed by atoms with Crippen LogP contribution in [0.25, 0.3) is 11.1 Å². The number of Topliss-reactive ketones (excluding diaryl/α,β-unsaturated/α-hetero) is 1. The van der Waals surface area contributed by atoms with Crippen molar-refractivity contribution < 1.29 is 120 Å². The fourth-order valence-corrected chi connectivity index (χ4v) is 8.51. The Morgan fingerprint density at radius 2 is 0.654 bits per heavy atom. The SMILES string of the molecule is FC(F)(F)c1cc([B-](c2cc(C(F)(F)F)cc(C(F)(F)F)c2)(c2cc(C(F)(F)F)cc(C(F)(F)F)c2)c2cc(C(F)(F)F)cc(C(F)(F)F)c2)cc(C(F)(F)F)c1.O=C(C[n+]1ccc(-c2cccc([N+](=O)[O-])c2)cc1)c1ccccc1. The second-order valence-corrected chi connectivity index (χ2v) is 17.6. The highest BCUT2D eigenvalue weighted by Crippen LogP contribution is 2.41. The molecule has 81 heavy (non-hydrogen) atoms. The largest absolute Gasteiger partial charge is 0.416 e. The molecule has 0 amide bonds. The average molecular weight is 1180 g/mol. The molecule has 0 saturated carbocycles. The monoisotopic (exact) mass is 1180 g/mol. The first-order valence-corrected chi connectivity index (χ1v) is 22.1. The molecule has 0 fully saturated rings. The van der Waals surface area contributed by atoms with Gasteiger partial charge in [0.05, 0.1) is 49.4 Å². The third-order valence-corrected chi connectivity index (χ3v) is 12.1.